The molecular formula is C17H27NO. The summed E-state index contributed by atoms with van der Waals surface area (Å²) >= 11 is 0. The fraction of sp³-hybridized carbons (Fsp3) is 0.647. The van der Waals surface area contributed by atoms with Crippen LogP contribution in [0.4, 0.5) is 0 Å². The molecule has 1 fully saturated rings. The highest BCUT2D eigenvalue weighted by atomic mass is 16.3. The third-order valence-corrected chi connectivity index (χ3v) is 4.19. The van der Waals surface area contributed by atoms with Gasteiger partial charge in [0.2, 0.25) is 0 Å². The Labute approximate surface area is 117 Å². The number of rotatable bonds is 2. The summed E-state index contributed by atoms with van der Waals surface area (Å²) in [4.78, 5) is 2.36. The highest BCUT2D eigenvalue weighted by Gasteiger charge is 2.22. The summed E-state index contributed by atoms with van der Waals surface area (Å²) in [5.41, 5.74) is 5.81. The summed E-state index contributed by atoms with van der Waals surface area (Å²) in [5, 5.41) is 9.63. The molecule has 1 aromatic carbocycles. The van der Waals surface area contributed by atoms with Crippen LogP contribution in [0.1, 0.15) is 49.4 Å². The van der Waals surface area contributed by atoms with E-state index in [1.54, 1.807) is 0 Å². The first-order chi connectivity index (χ1) is 8.77. The number of aliphatic hydroxyl groups excluding tert-OH is 1. The number of aliphatic hydroxyl groups is 1. The smallest absolute Gasteiger partial charge is 0.0679 e. The number of hydrogen-bond acceptors (Lipinski definition) is 2. The van der Waals surface area contributed by atoms with Crippen LogP contribution in [0.3, 0.4) is 0 Å². The minimum Gasteiger partial charge on any atom is -0.392 e. The Balaban J connectivity index is 2.22. The van der Waals surface area contributed by atoms with Crippen molar-refractivity contribution in [2.45, 2.75) is 59.1 Å². The first-order valence-electron chi connectivity index (χ1n) is 7.28. The summed E-state index contributed by atoms with van der Waals surface area (Å²) in [6, 6.07) is 4.66. The van der Waals surface area contributed by atoms with Crippen LogP contribution in [0.15, 0.2) is 12.1 Å². The number of benzene rings is 1. The zero-order chi connectivity index (χ0) is 14.2. The van der Waals surface area contributed by atoms with Gasteiger partial charge in [-0.3, -0.25) is 4.90 Å². The van der Waals surface area contributed by atoms with E-state index in [4.69, 9.17) is 0 Å². The van der Waals surface area contributed by atoms with Gasteiger partial charge in [0.05, 0.1) is 6.10 Å². The summed E-state index contributed by atoms with van der Waals surface area (Å²) in [7, 11) is 0. The van der Waals surface area contributed by atoms with E-state index < -0.39 is 0 Å². The lowest BCUT2D eigenvalue weighted by Gasteiger charge is -2.24. The molecule has 0 bridgehead atoms. The number of aryl methyl sites for hydroxylation is 2. The molecule has 1 N–H and O–H groups in total. The molecule has 19 heavy (non-hydrogen) atoms. The second-order valence-electron chi connectivity index (χ2n) is 7.02. The van der Waals surface area contributed by atoms with Crippen LogP contribution >= 0.6 is 0 Å². The Kier molecular flexibility index (Phi) is 4.03. The van der Waals surface area contributed by atoms with Gasteiger partial charge in [-0.05, 0) is 47.9 Å². The van der Waals surface area contributed by atoms with Gasteiger partial charge < -0.3 is 5.11 Å². The highest BCUT2D eigenvalue weighted by molar-refractivity contribution is 5.40. The predicted molar refractivity (Wildman–Crippen MR) is 80.5 cm³/mol. The Morgan fingerprint density at radius 3 is 2.21 bits per heavy atom. The van der Waals surface area contributed by atoms with Crippen molar-refractivity contribution in [3.05, 3.63) is 34.4 Å². The molecule has 0 aliphatic carbocycles. The molecule has 2 heteroatoms. The molecule has 0 spiro atoms. The van der Waals surface area contributed by atoms with E-state index in [2.05, 4.69) is 51.7 Å². The quantitative estimate of drug-likeness (QED) is 0.884. The average Bonchev–Trinajstić information content (AvgIpc) is 2.68. The largest absolute Gasteiger partial charge is 0.392 e. The molecule has 0 saturated carbocycles. The lowest BCUT2D eigenvalue weighted by molar-refractivity contribution is 0.174. The third-order valence-electron chi connectivity index (χ3n) is 4.19. The predicted octanol–water partition coefficient (Wildman–Crippen LogP) is 3.17. The molecule has 0 radical (unpaired) electrons. The van der Waals surface area contributed by atoms with Crippen molar-refractivity contribution in [3.63, 3.8) is 0 Å². The van der Waals surface area contributed by atoms with Crippen LogP contribution in [0, 0.1) is 13.8 Å². The van der Waals surface area contributed by atoms with Crippen LogP contribution < -0.4 is 0 Å². The summed E-state index contributed by atoms with van der Waals surface area (Å²) in [6.45, 7) is 14.0. The van der Waals surface area contributed by atoms with E-state index in [0.29, 0.717) is 0 Å². The van der Waals surface area contributed by atoms with Gasteiger partial charge in [0, 0.05) is 19.6 Å². The van der Waals surface area contributed by atoms with E-state index >= 15 is 0 Å². The van der Waals surface area contributed by atoms with Crippen LogP contribution in [-0.2, 0) is 12.0 Å². The number of β-amino-alcohol motifs (C(OH)–C–C–N with tert-alkyl or cyclic N) is 1. The molecular weight excluding hydrogens is 234 g/mol. The van der Waals surface area contributed by atoms with Crippen molar-refractivity contribution in [2.24, 2.45) is 0 Å². The van der Waals surface area contributed by atoms with Gasteiger partial charge in [-0.2, -0.15) is 0 Å². The molecule has 0 aromatic heterocycles. The average molecular weight is 261 g/mol. The summed E-state index contributed by atoms with van der Waals surface area (Å²) in [5.74, 6) is 0. The van der Waals surface area contributed by atoms with Gasteiger partial charge in [0.1, 0.15) is 0 Å². The van der Waals surface area contributed by atoms with Gasteiger partial charge in [0.25, 0.3) is 0 Å². The van der Waals surface area contributed by atoms with Gasteiger partial charge in [0.15, 0.2) is 0 Å². The van der Waals surface area contributed by atoms with Crippen LogP contribution in [0.25, 0.3) is 0 Å². The minimum atomic E-state index is -0.130. The maximum absolute atomic E-state index is 9.63. The fourth-order valence-electron chi connectivity index (χ4n) is 2.86. The zero-order valence-electron chi connectivity index (χ0n) is 13.0. The maximum atomic E-state index is 9.63. The van der Waals surface area contributed by atoms with Gasteiger partial charge in [-0.1, -0.05) is 32.9 Å². The van der Waals surface area contributed by atoms with Crippen molar-refractivity contribution in [1.29, 1.82) is 0 Å². The number of nitrogens with zero attached hydrogens (tertiary/aromatic N) is 1. The Morgan fingerprint density at radius 2 is 1.79 bits per heavy atom. The van der Waals surface area contributed by atoms with E-state index in [0.717, 1.165) is 26.1 Å². The third kappa shape index (κ3) is 3.37. The minimum absolute atomic E-state index is 0.130. The van der Waals surface area contributed by atoms with Crippen molar-refractivity contribution in [1.82, 2.24) is 4.90 Å². The Hall–Kier alpha value is -0.860. The zero-order valence-corrected chi connectivity index (χ0v) is 13.0. The Bertz CT molecular complexity index is 436. The van der Waals surface area contributed by atoms with Crippen LogP contribution in [0.5, 0.6) is 0 Å². The van der Waals surface area contributed by atoms with Crippen LogP contribution in [0.2, 0.25) is 0 Å². The summed E-state index contributed by atoms with van der Waals surface area (Å²) in [6.07, 6.45) is 0.785. The summed E-state index contributed by atoms with van der Waals surface area (Å²) < 4.78 is 0. The lowest BCUT2D eigenvalue weighted by atomic mass is 9.84. The fourth-order valence-corrected chi connectivity index (χ4v) is 2.86. The SMILES string of the molecule is Cc1cc(C(C)(C)C)cc(C)c1CN1CC[C@@H](O)C1. The molecule has 1 saturated heterocycles. The molecule has 1 heterocycles. The molecule has 1 aliphatic heterocycles. The second kappa shape index (κ2) is 5.26. The molecule has 106 valence electrons. The van der Waals surface area contributed by atoms with Crippen LogP contribution in [-0.4, -0.2) is 29.2 Å². The van der Waals surface area contributed by atoms with Crippen molar-refractivity contribution < 1.29 is 5.11 Å². The lowest BCUT2D eigenvalue weighted by Crippen LogP contribution is -2.23. The van der Waals surface area contributed by atoms with Gasteiger partial charge >= 0.3 is 0 Å². The van der Waals surface area contributed by atoms with E-state index in [1.807, 2.05) is 0 Å². The number of hydrogen-bond donors (Lipinski definition) is 1. The van der Waals surface area contributed by atoms with E-state index in [-0.39, 0.29) is 11.5 Å². The molecule has 1 aliphatic rings. The maximum Gasteiger partial charge on any atom is 0.0679 e. The molecule has 0 unspecified atom stereocenters. The normalized spacial score (nSPS) is 21.1. The van der Waals surface area contributed by atoms with Crippen molar-refractivity contribution in [3.8, 4) is 0 Å². The molecule has 2 nitrogen and oxygen atoms in total. The topological polar surface area (TPSA) is 23.5 Å². The monoisotopic (exact) mass is 261 g/mol. The van der Waals surface area contributed by atoms with Gasteiger partial charge in [-0.15, -0.1) is 0 Å². The molecule has 0 amide bonds. The van der Waals surface area contributed by atoms with E-state index in [9.17, 15) is 5.11 Å². The molecule has 1 atom stereocenters. The van der Waals surface area contributed by atoms with Crippen molar-refractivity contribution in [2.75, 3.05) is 13.1 Å². The second-order valence-corrected chi connectivity index (χ2v) is 7.02. The Morgan fingerprint density at radius 1 is 1.21 bits per heavy atom. The standard InChI is InChI=1S/C17H27NO/c1-12-8-14(17(3,4)5)9-13(2)16(12)11-18-7-6-15(19)10-18/h8-9,15,19H,6-7,10-11H2,1-5H3/t15-/m1/s1. The highest BCUT2D eigenvalue weighted by Crippen LogP contribution is 2.28. The molecule has 1 aromatic rings. The van der Waals surface area contributed by atoms with Gasteiger partial charge in [-0.25, -0.2) is 0 Å². The van der Waals surface area contributed by atoms with E-state index in [1.165, 1.54) is 22.3 Å². The first-order valence-corrected chi connectivity index (χ1v) is 7.28. The number of likely N-dealkylation sites (tertiary alicyclic amines) is 1. The first kappa shape index (κ1) is 14.5. The van der Waals surface area contributed by atoms with Crippen molar-refractivity contribution >= 4 is 0 Å². The molecule has 2 rings (SSSR count).